The Bertz CT molecular complexity index is 624. The maximum atomic E-state index is 6.21. The summed E-state index contributed by atoms with van der Waals surface area (Å²) in [6.07, 6.45) is 2.96. The van der Waals surface area contributed by atoms with Crippen LogP contribution in [0.3, 0.4) is 0 Å². The lowest BCUT2D eigenvalue weighted by molar-refractivity contribution is 0.764. The summed E-state index contributed by atoms with van der Waals surface area (Å²) in [7, 11) is 0. The molecule has 0 aliphatic carbocycles. The van der Waals surface area contributed by atoms with Crippen LogP contribution in [0.4, 0.5) is 5.82 Å². The fraction of sp³-hybridized carbons (Fsp3) is 0.533. The third-order valence-corrected chi connectivity index (χ3v) is 4.96. The zero-order valence-corrected chi connectivity index (χ0v) is 14.6. The van der Waals surface area contributed by atoms with Crippen LogP contribution in [0.15, 0.2) is 6.20 Å². The van der Waals surface area contributed by atoms with E-state index in [1.165, 1.54) is 4.88 Å². The number of halogens is 1. The number of anilines is 1. The normalized spacial score (nSPS) is 12.7. The number of rotatable bonds is 5. The van der Waals surface area contributed by atoms with Gasteiger partial charge in [0.25, 0.3) is 0 Å². The van der Waals surface area contributed by atoms with Crippen LogP contribution in [-0.4, -0.2) is 15.0 Å². The summed E-state index contributed by atoms with van der Waals surface area (Å²) in [6, 6.07) is 0.0972. The molecular weight excluding hydrogens is 304 g/mol. The van der Waals surface area contributed by atoms with Gasteiger partial charge >= 0.3 is 0 Å². The first-order valence-corrected chi connectivity index (χ1v) is 8.37. The van der Waals surface area contributed by atoms with Gasteiger partial charge in [-0.2, -0.15) is 0 Å². The monoisotopic (exact) mass is 324 g/mol. The van der Waals surface area contributed by atoms with Crippen LogP contribution in [0.5, 0.6) is 0 Å². The summed E-state index contributed by atoms with van der Waals surface area (Å²) in [5, 5.41) is 4.99. The van der Waals surface area contributed by atoms with Crippen molar-refractivity contribution in [2.45, 2.75) is 53.0 Å². The van der Waals surface area contributed by atoms with Crippen LogP contribution in [0, 0.1) is 6.92 Å². The fourth-order valence-corrected chi connectivity index (χ4v) is 2.89. The summed E-state index contributed by atoms with van der Waals surface area (Å²) < 4.78 is 0. The molecule has 0 amide bonds. The van der Waals surface area contributed by atoms with Gasteiger partial charge in [-0.3, -0.25) is 0 Å². The van der Waals surface area contributed by atoms with Crippen molar-refractivity contribution >= 4 is 28.8 Å². The van der Waals surface area contributed by atoms with Gasteiger partial charge in [-0.25, -0.2) is 15.0 Å². The molecule has 0 radical (unpaired) electrons. The quantitative estimate of drug-likeness (QED) is 0.806. The Hall–Kier alpha value is -1.20. The molecule has 6 heteroatoms. The van der Waals surface area contributed by atoms with Gasteiger partial charge < -0.3 is 5.32 Å². The molecule has 0 bridgehead atoms. The van der Waals surface area contributed by atoms with Gasteiger partial charge in [0.15, 0.2) is 0 Å². The number of nitrogens with one attached hydrogen (secondary N) is 1. The average molecular weight is 325 g/mol. The van der Waals surface area contributed by atoms with E-state index in [9.17, 15) is 0 Å². The molecule has 2 heterocycles. The lowest BCUT2D eigenvalue weighted by atomic mass is 10.2. The number of hydrogen-bond acceptors (Lipinski definition) is 5. The first-order valence-electron chi connectivity index (χ1n) is 7.17. The highest BCUT2D eigenvalue weighted by Crippen LogP contribution is 2.28. The topological polar surface area (TPSA) is 50.7 Å². The lowest BCUT2D eigenvalue weighted by Crippen LogP contribution is -2.11. The number of hydrogen-bond donors (Lipinski definition) is 1. The number of aromatic nitrogens is 3. The minimum absolute atomic E-state index is 0.0972. The van der Waals surface area contributed by atoms with E-state index in [1.54, 1.807) is 11.3 Å². The van der Waals surface area contributed by atoms with Crippen LogP contribution in [0.25, 0.3) is 0 Å². The molecule has 0 aliphatic rings. The van der Waals surface area contributed by atoms with Crippen molar-refractivity contribution in [3.8, 4) is 0 Å². The van der Waals surface area contributed by atoms with E-state index >= 15 is 0 Å². The van der Waals surface area contributed by atoms with Crippen LogP contribution in [-0.2, 0) is 6.42 Å². The van der Waals surface area contributed by atoms with Crippen LogP contribution in [0.1, 0.15) is 60.9 Å². The zero-order valence-electron chi connectivity index (χ0n) is 13.1. The van der Waals surface area contributed by atoms with Crippen molar-refractivity contribution in [3.63, 3.8) is 0 Å². The Labute approximate surface area is 135 Å². The molecule has 0 fully saturated rings. The minimum Gasteiger partial charge on any atom is -0.361 e. The molecule has 2 rings (SSSR count). The van der Waals surface area contributed by atoms with Crippen molar-refractivity contribution in [1.82, 2.24) is 15.0 Å². The predicted molar refractivity (Wildman–Crippen MR) is 89.4 cm³/mol. The molecule has 2 aromatic rings. The number of aryl methyl sites for hydroxylation is 1. The number of nitrogens with zero attached hydrogens (tertiary/aromatic N) is 3. The molecule has 0 saturated heterocycles. The van der Waals surface area contributed by atoms with E-state index < -0.39 is 0 Å². The first kappa shape index (κ1) is 16.2. The molecule has 1 N–H and O–H groups in total. The molecule has 0 spiro atoms. The predicted octanol–water partition coefficient (Wildman–Crippen LogP) is 4.75. The Morgan fingerprint density at radius 1 is 1.29 bits per heavy atom. The molecule has 2 aromatic heterocycles. The third kappa shape index (κ3) is 3.71. The van der Waals surface area contributed by atoms with Crippen molar-refractivity contribution in [1.29, 1.82) is 0 Å². The summed E-state index contributed by atoms with van der Waals surface area (Å²) in [6.45, 7) is 10.3. The standard InChI is InChI=1S/C15H21ClN4S/c1-6-11-7-17-15(21-11)10(5)18-14-9(4)12(16)19-13(20-14)8(2)3/h7-8,10H,6H2,1-5H3,(H,18,19,20). The molecular formula is C15H21ClN4S. The van der Waals surface area contributed by atoms with Crippen LogP contribution < -0.4 is 5.32 Å². The fourth-order valence-electron chi connectivity index (χ4n) is 1.86. The average Bonchev–Trinajstić information content (AvgIpc) is 2.92. The Morgan fingerprint density at radius 3 is 2.57 bits per heavy atom. The van der Waals surface area contributed by atoms with E-state index in [4.69, 9.17) is 11.6 Å². The molecule has 0 aromatic carbocycles. The lowest BCUT2D eigenvalue weighted by Gasteiger charge is -2.16. The van der Waals surface area contributed by atoms with Crippen molar-refractivity contribution in [3.05, 3.63) is 32.6 Å². The maximum absolute atomic E-state index is 6.21. The van der Waals surface area contributed by atoms with Crippen molar-refractivity contribution in [2.24, 2.45) is 0 Å². The number of thiazole rings is 1. The van der Waals surface area contributed by atoms with Gasteiger partial charge in [0.1, 0.15) is 21.8 Å². The Morgan fingerprint density at radius 2 is 2.00 bits per heavy atom. The molecule has 1 unspecified atom stereocenters. The Balaban J connectivity index is 2.25. The second-order valence-corrected chi connectivity index (χ2v) is 6.89. The van der Waals surface area contributed by atoms with Crippen molar-refractivity contribution in [2.75, 3.05) is 5.32 Å². The van der Waals surface area contributed by atoms with E-state index in [0.29, 0.717) is 5.15 Å². The van der Waals surface area contributed by atoms with Gasteiger partial charge in [-0.15, -0.1) is 11.3 Å². The molecule has 4 nitrogen and oxygen atoms in total. The second-order valence-electron chi connectivity index (χ2n) is 5.39. The van der Waals surface area contributed by atoms with E-state index in [0.717, 1.165) is 28.6 Å². The summed E-state index contributed by atoms with van der Waals surface area (Å²) in [5.74, 6) is 1.79. The highest BCUT2D eigenvalue weighted by Gasteiger charge is 2.16. The van der Waals surface area contributed by atoms with Gasteiger partial charge in [0.2, 0.25) is 0 Å². The smallest absolute Gasteiger partial charge is 0.137 e. The molecule has 1 atom stereocenters. The molecule has 114 valence electrons. The minimum atomic E-state index is 0.0972. The summed E-state index contributed by atoms with van der Waals surface area (Å²) in [5.41, 5.74) is 0.875. The van der Waals surface area contributed by atoms with Gasteiger partial charge in [0, 0.05) is 22.6 Å². The first-order chi connectivity index (χ1) is 9.92. The van der Waals surface area contributed by atoms with E-state index in [-0.39, 0.29) is 12.0 Å². The highest BCUT2D eigenvalue weighted by molar-refractivity contribution is 7.11. The van der Waals surface area contributed by atoms with Crippen LogP contribution in [0.2, 0.25) is 5.15 Å². The van der Waals surface area contributed by atoms with Crippen LogP contribution >= 0.6 is 22.9 Å². The summed E-state index contributed by atoms with van der Waals surface area (Å²) >= 11 is 7.95. The SMILES string of the molecule is CCc1cnc(C(C)Nc2nc(C(C)C)nc(Cl)c2C)s1. The zero-order chi connectivity index (χ0) is 15.6. The second kappa shape index (κ2) is 6.71. The van der Waals surface area contributed by atoms with Crippen molar-refractivity contribution < 1.29 is 0 Å². The molecule has 0 aliphatic heterocycles. The largest absolute Gasteiger partial charge is 0.361 e. The van der Waals surface area contributed by atoms with Gasteiger partial charge in [0.05, 0.1) is 6.04 Å². The van der Waals surface area contributed by atoms with E-state index in [2.05, 4.69) is 48.0 Å². The van der Waals surface area contributed by atoms with Gasteiger partial charge in [-0.1, -0.05) is 32.4 Å². The van der Waals surface area contributed by atoms with Gasteiger partial charge in [-0.05, 0) is 20.3 Å². The molecule has 21 heavy (non-hydrogen) atoms. The highest BCUT2D eigenvalue weighted by atomic mass is 35.5. The Kier molecular flexibility index (Phi) is 5.17. The molecule has 0 saturated carbocycles. The summed E-state index contributed by atoms with van der Waals surface area (Å²) in [4.78, 5) is 14.7. The maximum Gasteiger partial charge on any atom is 0.137 e. The van der Waals surface area contributed by atoms with E-state index in [1.807, 2.05) is 13.1 Å². The third-order valence-electron chi connectivity index (χ3n) is 3.26.